The molecule has 0 radical (unpaired) electrons. The summed E-state index contributed by atoms with van der Waals surface area (Å²) in [7, 11) is 0. The zero-order chi connectivity index (χ0) is 24.9. The molecule has 0 unspecified atom stereocenters. The van der Waals surface area contributed by atoms with Crippen LogP contribution in [0, 0.1) is 22.7 Å². The largest absolute Gasteiger partial charge is 0.462 e. The first kappa shape index (κ1) is 25.5. The van der Waals surface area contributed by atoms with Gasteiger partial charge in [0.05, 0.1) is 6.10 Å². The van der Waals surface area contributed by atoms with Crippen LogP contribution in [0.3, 0.4) is 0 Å². The summed E-state index contributed by atoms with van der Waals surface area (Å²) >= 11 is 0. The topological polar surface area (TPSA) is 99.1 Å². The lowest BCUT2D eigenvalue weighted by Crippen LogP contribution is -2.59. The van der Waals surface area contributed by atoms with Gasteiger partial charge in [-0.1, -0.05) is 32.9 Å². The number of esters is 3. The van der Waals surface area contributed by atoms with Crippen LogP contribution in [0.5, 0.6) is 0 Å². The van der Waals surface area contributed by atoms with Gasteiger partial charge in [-0.15, -0.1) is 0 Å². The molecule has 0 aromatic heterocycles. The van der Waals surface area contributed by atoms with Gasteiger partial charge in [0.2, 0.25) is 0 Å². The maximum absolute atomic E-state index is 12.1. The van der Waals surface area contributed by atoms with Crippen molar-refractivity contribution >= 4 is 17.9 Å². The fraction of sp³-hybridized carbons (Fsp3) is 0.731. The highest BCUT2D eigenvalue weighted by Crippen LogP contribution is 2.59. The average Bonchev–Trinajstić information content (AvgIpc) is 2.61. The minimum Gasteiger partial charge on any atom is -0.462 e. The second kappa shape index (κ2) is 8.90. The summed E-state index contributed by atoms with van der Waals surface area (Å²) in [4.78, 5) is 35.8. The molecule has 7 heteroatoms. The lowest BCUT2D eigenvalue weighted by atomic mass is 9.50. The Morgan fingerprint density at radius 2 is 1.52 bits per heavy atom. The van der Waals surface area contributed by atoms with Crippen molar-refractivity contribution in [1.29, 1.82) is 0 Å². The van der Waals surface area contributed by atoms with Crippen molar-refractivity contribution in [3.05, 3.63) is 23.3 Å². The smallest absolute Gasteiger partial charge is 0.303 e. The van der Waals surface area contributed by atoms with Crippen molar-refractivity contribution in [2.45, 2.75) is 98.6 Å². The van der Waals surface area contributed by atoms with E-state index in [2.05, 4.69) is 13.5 Å². The van der Waals surface area contributed by atoms with E-state index in [-0.39, 0.29) is 11.9 Å². The predicted molar refractivity (Wildman–Crippen MR) is 122 cm³/mol. The molecule has 3 aliphatic rings. The number of aliphatic hydroxyl groups is 1. The molecule has 0 saturated heterocycles. The summed E-state index contributed by atoms with van der Waals surface area (Å²) in [5.74, 6) is -2.02. The molecular weight excluding hydrogens is 424 g/mol. The Labute approximate surface area is 196 Å². The van der Waals surface area contributed by atoms with E-state index in [1.165, 1.54) is 20.8 Å². The minimum atomic E-state index is -0.887. The number of ether oxygens (including phenoxy) is 3. The highest BCUT2D eigenvalue weighted by molar-refractivity contribution is 5.67. The van der Waals surface area contributed by atoms with Gasteiger partial charge >= 0.3 is 17.9 Å². The maximum atomic E-state index is 12.1. The summed E-state index contributed by atoms with van der Waals surface area (Å²) < 4.78 is 17.2. The van der Waals surface area contributed by atoms with Crippen LogP contribution < -0.4 is 0 Å². The normalized spacial score (nSPS) is 37.9. The molecule has 33 heavy (non-hydrogen) atoms. The molecule has 0 aromatic rings. The first-order chi connectivity index (χ1) is 15.2. The number of rotatable bonds is 3. The molecule has 7 nitrogen and oxygen atoms in total. The van der Waals surface area contributed by atoms with Crippen LogP contribution in [-0.4, -0.2) is 47.4 Å². The third-order valence-electron chi connectivity index (χ3n) is 8.05. The van der Waals surface area contributed by atoms with Gasteiger partial charge in [-0.3, -0.25) is 14.4 Å². The van der Waals surface area contributed by atoms with Crippen molar-refractivity contribution in [2.75, 3.05) is 0 Å². The molecule has 0 heterocycles. The van der Waals surface area contributed by atoms with Crippen LogP contribution in [0.4, 0.5) is 0 Å². The fourth-order valence-electron chi connectivity index (χ4n) is 7.08. The Morgan fingerprint density at radius 3 is 2.06 bits per heavy atom. The number of hydrogen-bond donors (Lipinski definition) is 1. The van der Waals surface area contributed by atoms with Crippen LogP contribution >= 0.6 is 0 Å². The van der Waals surface area contributed by atoms with E-state index in [9.17, 15) is 19.5 Å². The van der Waals surface area contributed by atoms with Gasteiger partial charge in [-0.25, -0.2) is 0 Å². The minimum absolute atomic E-state index is 0.358. The van der Waals surface area contributed by atoms with Crippen molar-refractivity contribution < 1.29 is 33.7 Å². The number of carbonyl (C=O) groups excluding carboxylic acids is 3. The molecule has 2 bridgehead atoms. The van der Waals surface area contributed by atoms with E-state index in [0.29, 0.717) is 31.3 Å². The molecule has 7 atom stereocenters. The third kappa shape index (κ3) is 4.61. The number of hydrogen-bond acceptors (Lipinski definition) is 7. The lowest BCUT2D eigenvalue weighted by Gasteiger charge is -2.58. The van der Waals surface area contributed by atoms with E-state index >= 15 is 0 Å². The Kier molecular flexibility index (Phi) is 6.87. The van der Waals surface area contributed by atoms with Crippen molar-refractivity contribution in [1.82, 2.24) is 0 Å². The number of aliphatic hydroxyl groups excluding tert-OH is 1. The molecule has 184 valence electrons. The predicted octanol–water partition coefficient (Wildman–Crippen LogP) is 3.88. The summed E-state index contributed by atoms with van der Waals surface area (Å²) in [5.41, 5.74) is 1.62. The molecule has 0 amide bonds. The molecule has 0 spiro atoms. The third-order valence-corrected chi connectivity index (χ3v) is 8.05. The highest BCUT2D eigenvalue weighted by atomic mass is 16.6. The first-order valence-electron chi connectivity index (χ1n) is 11.8. The second-order valence-electron chi connectivity index (χ2n) is 10.9. The van der Waals surface area contributed by atoms with Gasteiger partial charge < -0.3 is 19.3 Å². The van der Waals surface area contributed by atoms with Gasteiger partial charge in [0, 0.05) is 39.0 Å². The fourth-order valence-corrected chi connectivity index (χ4v) is 7.08. The Balaban J connectivity index is 2.19. The number of fused-ring (bicyclic) bond motifs is 3. The summed E-state index contributed by atoms with van der Waals surface area (Å²) in [6.07, 6.45) is -0.123. The molecule has 3 rings (SSSR count). The van der Waals surface area contributed by atoms with E-state index in [1.807, 2.05) is 20.8 Å². The van der Waals surface area contributed by atoms with E-state index < -0.39 is 53.1 Å². The van der Waals surface area contributed by atoms with Crippen LogP contribution in [0.25, 0.3) is 0 Å². The van der Waals surface area contributed by atoms with E-state index in [1.54, 1.807) is 0 Å². The van der Waals surface area contributed by atoms with Crippen LogP contribution in [-0.2, 0) is 28.6 Å². The summed E-state index contributed by atoms with van der Waals surface area (Å²) in [6, 6.07) is 0. The van der Waals surface area contributed by atoms with Gasteiger partial charge in [0.15, 0.2) is 0 Å². The van der Waals surface area contributed by atoms with Crippen molar-refractivity contribution in [3.8, 4) is 0 Å². The van der Waals surface area contributed by atoms with Crippen molar-refractivity contribution in [2.24, 2.45) is 22.7 Å². The zero-order valence-electron chi connectivity index (χ0n) is 20.9. The monoisotopic (exact) mass is 462 g/mol. The van der Waals surface area contributed by atoms with E-state index in [0.717, 1.165) is 11.1 Å². The highest BCUT2D eigenvalue weighted by Gasteiger charge is 2.59. The quantitative estimate of drug-likeness (QED) is 0.386. The van der Waals surface area contributed by atoms with Crippen LogP contribution in [0.2, 0.25) is 0 Å². The Hall–Kier alpha value is -2.15. The summed E-state index contributed by atoms with van der Waals surface area (Å²) in [5, 5.41) is 12.0. The van der Waals surface area contributed by atoms with Crippen molar-refractivity contribution in [3.63, 3.8) is 0 Å². The lowest BCUT2D eigenvalue weighted by molar-refractivity contribution is -0.171. The Morgan fingerprint density at radius 1 is 0.970 bits per heavy atom. The molecular formula is C26H38O7. The number of carbonyl (C=O) groups is 3. The molecule has 0 aromatic carbocycles. The molecule has 3 aliphatic carbocycles. The maximum Gasteiger partial charge on any atom is 0.303 e. The molecule has 0 aliphatic heterocycles. The van der Waals surface area contributed by atoms with Gasteiger partial charge in [0.1, 0.15) is 18.3 Å². The average molecular weight is 463 g/mol. The zero-order valence-corrected chi connectivity index (χ0v) is 20.9. The van der Waals surface area contributed by atoms with Gasteiger partial charge in [-0.05, 0) is 48.2 Å². The van der Waals surface area contributed by atoms with Crippen LogP contribution in [0.1, 0.15) is 74.1 Å². The summed E-state index contributed by atoms with van der Waals surface area (Å²) in [6.45, 7) is 16.5. The molecule has 2 fully saturated rings. The second-order valence-corrected chi connectivity index (χ2v) is 10.9. The standard InChI is InChI=1S/C26H38O7/c1-13-11-19(32-16(4)28)23-24(30)22-14(2)18(31-15(3)27)9-10-26(22,8)12-20(33-17(5)29)21(13)25(23,6)7/h18-20,22-24,30H,2,9-12H2,1,3-8H3/t18-,19-,20-,22-,23-,24-,26-/m0/s1. The van der Waals surface area contributed by atoms with Crippen LogP contribution in [0.15, 0.2) is 23.3 Å². The van der Waals surface area contributed by atoms with E-state index in [4.69, 9.17) is 14.2 Å². The van der Waals surface area contributed by atoms with Gasteiger partial charge in [-0.2, -0.15) is 0 Å². The first-order valence-corrected chi connectivity index (χ1v) is 11.8. The molecule has 2 saturated carbocycles. The molecule has 1 N–H and O–H groups in total. The Bertz CT molecular complexity index is 885. The SMILES string of the molecule is C=C1[C@@H](OC(C)=O)CC[C@@]2(C)C[C@H](OC(C)=O)C3=C(C)C[C@H](OC(C)=O)[C@@H]([C@@H](O)[C@H]12)C3(C)C. The van der Waals surface area contributed by atoms with Gasteiger partial charge in [0.25, 0.3) is 0 Å².